The lowest BCUT2D eigenvalue weighted by Crippen LogP contribution is -2.48. The van der Waals surface area contributed by atoms with Crippen molar-refractivity contribution in [1.82, 2.24) is 15.5 Å². The Labute approximate surface area is 164 Å². The SMILES string of the molecule is O=C(NCCc1ccc(Br)cc1)NC1CCN(Cc2ccccc2)CC1. The van der Waals surface area contributed by atoms with Crippen molar-refractivity contribution >= 4 is 22.0 Å². The normalized spacial score (nSPS) is 15.6. The van der Waals surface area contributed by atoms with Crippen molar-refractivity contribution in [1.29, 1.82) is 0 Å². The van der Waals surface area contributed by atoms with Crippen molar-refractivity contribution in [2.45, 2.75) is 31.8 Å². The van der Waals surface area contributed by atoms with Gasteiger partial charge in [-0.15, -0.1) is 0 Å². The van der Waals surface area contributed by atoms with Gasteiger partial charge >= 0.3 is 6.03 Å². The molecule has 0 radical (unpaired) electrons. The van der Waals surface area contributed by atoms with Crippen LogP contribution in [0.1, 0.15) is 24.0 Å². The summed E-state index contributed by atoms with van der Waals surface area (Å²) in [5.74, 6) is 0. The molecule has 4 nitrogen and oxygen atoms in total. The zero-order valence-corrected chi connectivity index (χ0v) is 16.5. The van der Waals surface area contributed by atoms with E-state index in [0.717, 1.165) is 43.4 Å². The van der Waals surface area contributed by atoms with Gasteiger partial charge in [0.15, 0.2) is 0 Å². The van der Waals surface area contributed by atoms with E-state index in [-0.39, 0.29) is 12.1 Å². The first kappa shape index (κ1) is 18.9. The van der Waals surface area contributed by atoms with Crippen molar-refractivity contribution in [3.05, 3.63) is 70.2 Å². The molecule has 26 heavy (non-hydrogen) atoms. The first-order valence-corrected chi connectivity index (χ1v) is 10.0. The highest BCUT2D eigenvalue weighted by atomic mass is 79.9. The monoisotopic (exact) mass is 415 g/mol. The molecular formula is C21H26BrN3O. The largest absolute Gasteiger partial charge is 0.338 e. The number of likely N-dealkylation sites (tertiary alicyclic amines) is 1. The molecule has 2 amide bonds. The van der Waals surface area contributed by atoms with E-state index in [1.165, 1.54) is 11.1 Å². The predicted molar refractivity (Wildman–Crippen MR) is 109 cm³/mol. The molecule has 1 aliphatic heterocycles. The number of carbonyl (C=O) groups is 1. The van der Waals surface area contributed by atoms with E-state index in [0.29, 0.717) is 6.54 Å². The molecule has 0 aromatic heterocycles. The van der Waals surface area contributed by atoms with E-state index in [4.69, 9.17) is 0 Å². The van der Waals surface area contributed by atoms with Gasteiger partial charge in [-0.25, -0.2) is 4.79 Å². The lowest BCUT2D eigenvalue weighted by molar-refractivity contribution is 0.186. The maximum atomic E-state index is 12.1. The smallest absolute Gasteiger partial charge is 0.315 e. The second kappa shape index (κ2) is 9.74. The zero-order valence-electron chi connectivity index (χ0n) is 15.0. The van der Waals surface area contributed by atoms with E-state index < -0.39 is 0 Å². The van der Waals surface area contributed by atoms with Crippen LogP contribution < -0.4 is 10.6 Å². The molecule has 1 heterocycles. The Kier molecular flexibility index (Phi) is 7.09. The quantitative estimate of drug-likeness (QED) is 0.749. The Morgan fingerprint density at radius 1 is 1.00 bits per heavy atom. The Morgan fingerprint density at radius 2 is 1.69 bits per heavy atom. The lowest BCUT2D eigenvalue weighted by atomic mass is 10.0. The molecule has 0 spiro atoms. The van der Waals surface area contributed by atoms with E-state index in [2.05, 4.69) is 73.9 Å². The number of amides is 2. The van der Waals surface area contributed by atoms with Crippen LogP contribution in [0.2, 0.25) is 0 Å². The number of hydrogen-bond donors (Lipinski definition) is 2. The molecule has 1 saturated heterocycles. The minimum atomic E-state index is -0.0522. The number of nitrogens with zero attached hydrogens (tertiary/aromatic N) is 1. The third kappa shape index (κ3) is 6.15. The van der Waals surface area contributed by atoms with Crippen LogP contribution in [0.15, 0.2) is 59.1 Å². The number of carbonyl (C=O) groups excluding carboxylic acids is 1. The predicted octanol–water partition coefficient (Wildman–Crippen LogP) is 3.96. The molecule has 3 rings (SSSR count). The molecule has 1 fully saturated rings. The summed E-state index contributed by atoms with van der Waals surface area (Å²) in [4.78, 5) is 14.5. The van der Waals surface area contributed by atoms with E-state index in [1.807, 2.05) is 12.1 Å². The Balaban J connectivity index is 1.32. The highest BCUT2D eigenvalue weighted by Crippen LogP contribution is 2.14. The van der Waals surface area contributed by atoms with Crippen molar-refractivity contribution in [2.24, 2.45) is 0 Å². The molecule has 138 valence electrons. The molecule has 2 aromatic carbocycles. The average Bonchev–Trinajstić information content (AvgIpc) is 2.66. The van der Waals surface area contributed by atoms with Gasteiger partial charge in [0.1, 0.15) is 0 Å². The van der Waals surface area contributed by atoms with Crippen LogP contribution in [0.4, 0.5) is 4.79 Å². The fourth-order valence-corrected chi connectivity index (χ4v) is 3.55. The van der Waals surface area contributed by atoms with Crippen LogP contribution in [-0.2, 0) is 13.0 Å². The summed E-state index contributed by atoms with van der Waals surface area (Å²) in [5.41, 5.74) is 2.58. The summed E-state index contributed by atoms with van der Waals surface area (Å²) in [6.45, 7) is 3.70. The number of benzene rings is 2. The number of urea groups is 1. The van der Waals surface area contributed by atoms with Gasteiger partial charge in [0.05, 0.1) is 0 Å². The van der Waals surface area contributed by atoms with Crippen LogP contribution in [0.3, 0.4) is 0 Å². The van der Waals surface area contributed by atoms with E-state index >= 15 is 0 Å². The Bertz CT molecular complexity index is 682. The van der Waals surface area contributed by atoms with Gasteiger partial charge in [0, 0.05) is 36.7 Å². The van der Waals surface area contributed by atoms with Gasteiger partial charge in [-0.1, -0.05) is 58.4 Å². The van der Waals surface area contributed by atoms with Gasteiger partial charge in [-0.2, -0.15) is 0 Å². The first-order valence-electron chi connectivity index (χ1n) is 9.24. The van der Waals surface area contributed by atoms with Gasteiger partial charge in [-0.05, 0) is 42.5 Å². The second-order valence-corrected chi connectivity index (χ2v) is 7.73. The summed E-state index contributed by atoms with van der Waals surface area (Å²) in [5, 5.41) is 6.08. The molecule has 0 saturated carbocycles. The fourth-order valence-electron chi connectivity index (χ4n) is 3.28. The minimum absolute atomic E-state index is 0.0522. The van der Waals surface area contributed by atoms with Crippen molar-refractivity contribution in [3.63, 3.8) is 0 Å². The molecule has 0 aliphatic carbocycles. The van der Waals surface area contributed by atoms with Gasteiger partial charge in [-0.3, -0.25) is 4.90 Å². The molecule has 5 heteroatoms. The number of piperidine rings is 1. The zero-order chi connectivity index (χ0) is 18.2. The van der Waals surface area contributed by atoms with E-state index in [1.54, 1.807) is 0 Å². The summed E-state index contributed by atoms with van der Waals surface area (Å²) in [7, 11) is 0. The Hall–Kier alpha value is -1.85. The molecule has 0 atom stereocenters. The summed E-state index contributed by atoms with van der Waals surface area (Å²) in [6.07, 6.45) is 2.86. The highest BCUT2D eigenvalue weighted by Gasteiger charge is 2.20. The van der Waals surface area contributed by atoms with Gasteiger partial charge < -0.3 is 10.6 Å². The topological polar surface area (TPSA) is 44.4 Å². The van der Waals surface area contributed by atoms with Crippen LogP contribution in [0.5, 0.6) is 0 Å². The number of nitrogens with one attached hydrogen (secondary N) is 2. The minimum Gasteiger partial charge on any atom is -0.338 e. The second-order valence-electron chi connectivity index (χ2n) is 6.81. The molecular weight excluding hydrogens is 390 g/mol. The van der Waals surface area contributed by atoms with Gasteiger partial charge in [0.2, 0.25) is 0 Å². The average molecular weight is 416 g/mol. The van der Waals surface area contributed by atoms with Crippen molar-refractivity contribution < 1.29 is 4.79 Å². The maximum Gasteiger partial charge on any atom is 0.315 e. The Morgan fingerprint density at radius 3 is 2.38 bits per heavy atom. The number of hydrogen-bond acceptors (Lipinski definition) is 2. The van der Waals surface area contributed by atoms with Crippen LogP contribution in [0, 0.1) is 0 Å². The summed E-state index contributed by atoms with van der Waals surface area (Å²) in [6, 6.07) is 19.0. The highest BCUT2D eigenvalue weighted by molar-refractivity contribution is 9.10. The maximum absolute atomic E-state index is 12.1. The number of rotatable bonds is 6. The first-order chi connectivity index (χ1) is 12.7. The molecule has 2 N–H and O–H groups in total. The molecule has 1 aliphatic rings. The van der Waals surface area contributed by atoms with Crippen LogP contribution in [-0.4, -0.2) is 36.6 Å². The lowest BCUT2D eigenvalue weighted by Gasteiger charge is -2.32. The molecule has 0 unspecified atom stereocenters. The molecule has 0 bridgehead atoms. The summed E-state index contributed by atoms with van der Waals surface area (Å²) < 4.78 is 1.07. The van der Waals surface area contributed by atoms with Crippen molar-refractivity contribution in [3.8, 4) is 0 Å². The standard InChI is InChI=1S/C21H26BrN3O/c22-19-8-6-17(7-9-19)10-13-23-21(26)24-20-11-14-25(15-12-20)16-18-4-2-1-3-5-18/h1-9,20H,10-16H2,(H2,23,24,26). The molecule has 2 aromatic rings. The third-order valence-corrected chi connectivity index (χ3v) is 5.31. The van der Waals surface area contributed by atoms with Crippen LogP contribution >= 0.6 is 15.9 Å². The van der Waals surface area contributed by atoms with Gasteiger partial charge in [0.25, 0.3) is 0 Å². The van der Waals surface area contributed by atoms with Crippen LogP contribution in [0.25, 0.3) is 0 Å². The fraction of sp³-hybridized carbons (Fsp3) is 0.381. The summed E-state index contributed by atoms with van der Waals surface area (Å²) >= 11 is 3.43. The third-order valence-electron chi connectivity index (χ3n) is 4.78. The number of halogens is 1. The van der Waals surface area contributed by atoms with Crippen molar-refractivity contribution in [2.75, 3.05) is 19.6 Å². The van der Waals surface area contributed by atoms with E-state index in [9.17, 15) is 4.79 Å².